The summed E-state index contributed by atoms with van der Waals surface area (Å²) in [6.45, 7) is 15.1. The first-order chi connectivity index (χ1) is 18.5. The maximum Gasteiger partial charge on any atom is 0.128 e. The molecule has 6 rings (SSSR count). The lowest BCUT2D eigenvalue weighted by atomic mass is 9.87. The highest BCUT2D eigenvalue weighted by molar-refractivity contribution is 5.84. The normalized spacial score (nSPS) is 21.9. The third-order valence-corrected chi connectivity index (χ3v) is 7.83. The maximum absolute atomic E-state index is 9.71. The van der Waals surface area contributed by atoms with Crippen molar-refractivity contribution < 1.29 is 0 Å². The molecular weight excluding hydrogens is 470 g/mol. The lowest BCUT2D eigenvalue weighted by Gasteiger charge is -2.56. The zero-order valence-corrected chi connectivity index (χ0v) is 22.7. The molecule has 0 saturated carbocycles. The Morgan fingerprint density at radius 2 is 2.00 bits per heavy atom. The molecule has 38 heavy (non-hydrogen) atoms. The van der Waals surface area contributed by atoms with E-state index in [0.717, 1.165) is 73.2 Å². The monoisotopic (exact) mass is 507 g/mol. The number of aryl methyl sites for hydroxylation is 1. The molecule has 0 aliphatic carbocycles. The molecule has 7 nitrogen and oxygen atoms in total. The van der Waals surface area contributed by atoms with Crippen LogP contribution in [0.2, 0.25) is 0 Å². The summed E-state index contributed by atoms with van der Waals surface area (Å²) < 4.78 is 0. The molecule has 2 bridgehead atoms. The van der Waals surface area contributed by atoms with E-state index >= 15 is 0 Å². The van der Waals surface area contributed by atoms with Crippen LogP contribution >= 0.6 is 0 Å². The number of anilines is 1. The number of aromatic nitrogens is 2. The Balaban J connectivity index is 1.33. The van der Waals surface area contributed by atoms with E-state index in [9.17, 15) is 5.26 Å². The molecule has 0 radical (unpaired) electrons. The number of pyridine rings is 2. The summed E-state index contributed by atoms with van der Waals surface area (Å²) in [5, 5.41) is 13.1. The molecule has 3 fully saturated rings. The van der Waals surface area contributed by atoms with Crippen LogP contribution in [0.1, 0.15) is 43.5 Å². The summed E-state index contributed by atoms with van der Waals surface area (Å²) in [6, 6.07) is 11.9. The minimum absolute atomic E-state index is 0.522. The number of nitrogens with one attached hydrogen (secondary N) is 1. The molecule has 2 aromatic rings. The number of nitriles is 1. The zero-order chi connectivity index (χ0) is 26.6. The van der Waals surface area contributed by atoms with Gasteiger partial charge in [0, 0.05) is 80.2 Å². The van der Waals surface area contributed by atoms with Crippen molar-refractivity contribution in [3.8, 4) is 6.07 Å². The van der Waals surface area contributed by atoms with Crippen molar-refractivity contribution in [1.82, 2.24) is 25.1 Å². The quantitative estimate of drug-likeness (QED) is 0.490. The van der Waals surface area contributed by atoms with Crippen LogP contribution in [0.5, 0.6) is 0 Å². The summed E-state index contributed by atoms with van der Waals surface area (Å²) in [5.74, 6) is 1.01. The summed E-state index contributed by atoms with van der Waals surface area (Å²) in [4.78, 5) is 16.7. The molecule has 4 aliphatic heterocycles. The second kappa shape index (κ2) is 11.2. The van der Waals surface area contributed by atoms with E-state index in [1.165, 1.54) is 12.0 Å². The van der Waals surface area contributed by atoms with Crippen molar-refractivity contribution in [3.63, 3.8) is 0 Å². The van der Waals surface area contributed by atoms with Crippen molar-refractivity contribution in [2.45, 2.75) is 52.2 Å². The summed E-state index contributed by atoms with van der Waals surface area (Å²) in [7, 11) is 0. The fourth-order valence-corrected chi connectivity index (χ4v) is 5.73. The highest BCUT2D eigenvalue weighted by Gasteiger charge is 2.44. The van der Waals surface area contributed by atoms with Crippen molar-refractivity contribution in [1.29, 1.82) is 5.26 Å². The van der Waals surface area contributed by atoms with Crippen LogP contribution in [-0.4, -0.2) is 58.0 Å². The van der Waals surface area contributed by atoms with Crippen molar-refractivity contribution >= 4 is 11.4 Å². The van der Waals surface area contributed by atoms with Gasteiger partial charge in [-0.15, -0.1) is 0 Å². The van der Waals surface area contributed by atoms with E-state index in [2.05, 4.69) is 81.8 Å². The van der Waals surface area contributed by atoms with Crippen LogP contribution in [-0.2, 0) is 6.54 Å². The number of piperidine rings is 1. The van der Waals surface area contributed by atoms with E-state index in [4.69, 9.17) is 4.98 Å². The summed E-state index contributed by atoms with van der Waals surface area (Å²) in [5.41, 5.74) is 6.70. The Hall–Kier alpha value is -3.89. The first-order valence-electron chi connectivity index (χ1n) is 13.6. The van der Waals surface area contributed by atoms with Gasteiger partial charge in [0.15, 0.2) is 0 Å². The molecule has 4 aliphatic rings. The van der Waals surface area contributed by atoms with Gasteiger partial charge in [-0.2, -0.15) is 5.26 Å². The van der Waals surface area contributed by atoms with Crippen molar-refractivity contribution in [2.24, 2.45) is 0 Å². The molecule has 2 atom stereocenters. The lowest BCUT2D eigenvalue weighted by Crippen LogP contribution is -2.68. The highest BCUT2D eigenvalue weighted by atomic mass is 15.4. The summed E-state index contributed by atoms with van der Waals surface area (Å²) >= 11 is 0. The number of hydrogen-bond donors (Lipinski definition) is 1. The third-order valence-electron chi connectivity index (χ3n) is 7.83. The van der Waals surface area contributed by atoms with Gasteiger partial charge in [-0.1, -0.05) is 19.6 Å². The van der Waals surface area contributed by atoms with Gasteiger partial charge in [-0.05, 0) is 62.6 Å². The van der Waals surface area contributed by atoms with E-state index in [1.54, 1.807) is 6.08 Å². The predicted molar refractivity (Wildman–Crippen MR) is 153 cm³/mol. The SMILES string of the molecule is C=C/C(C#N)=C1\NC=C(N(CC)CCC)C=C1c1ccc(N2CC3CC(C2)N3Cc2ccc(C)nc2)nc1. The molecule has 7 heteroatoms. The first-order valence-corrected chi connectivity index (χ1v) is 13.6. The van der Waals surface area contributed by atoms with Crippen LogP contribution < -0.4 is 10.2 Å². The largest absolute Gasteiger partial charge is 0.371 e. The topological polar surface area (TPSA) is 71.3 Å². The Kier molecular flexibility index (Phi) is 7.62. The number of piperazine rings is 1. The van der Waals surface area contributed by atoms with Gasteiger partial charge in [0.1, 0.15) is 11.9 Å². The molecule has 6 heterocycles. The number of dihydropyridines is 1. The van der Waals surface area contributed by atoms with Gasteiger partial charge < -0.3 is 15.1 Å². The molecule has 0 amide bonds. The van der Waals surface area contributed by atoms with Gasteiger partial charge in [-0.25, -0.2) is 4.98 Å². The third kappa shape index (κ3) is 5.09. The van der Waals surface area contributed by atoms with E-state index in [1.807, 2.05) is 25.5 Å². The highest BCUT2D eigenvalue weighted by Crippen LogP contribution is 2.36. The maximum atomic E-state index is 9.71. The van der Waals surface area contributed by atoms with Crippen LogP contribution in [0.25, 0.3) is 5.57 Å². The average Bonchev–Trinajstić information content (AvgIpc) is 2.96. The van der Waals surface area contributed by atoms with Crippen LogP contribution in [0.15, 0.2) is 78.6 Å². The number of allylic oxidation sites excluding steroid dienone is 4. The minimum Gasteiger partial charge on any atom is -0.371 e. The predicted octanol–water partition coefficient (Wildman–Crippen LogP) is 4.77. The second-order valence-corrected chi connectivity index (χ2v) is 10.3. The Morgan fingerprint density at radius 1 is 1.18 bits per heavy atom. The molecule has 196 valence electrons. The van der Waals surface area contributed by atoms with Gasteiger partial charge in [-0.3, -0.25) is 9.88 Å². The molecule has 2 unspecified atom stereocenters. The molecule has 2 aromatic heterocycles. The van der Waals surface area contributed by atoms with Gasteiger partial charge in [0.05, 0.1) is 17.0 Å². The van der Waals surface area contributed by atoms with E-state index in [-0.39, 0.29) is 0 Å². The first kappa shape index (κ1) is 25.7. The molecular formula is C31H37N7. The number of nitrogens with zero attached hydrogens (tertiary/aromatic N) is 6. The average molecular weight is 508 g/mol. The second-order valence-electron chi connectivity index (χ2n) is 10.3. The van der Waals surface area contributed by atoms with Crippen LogP contribution in [0.3, 0.4) is 0 Å². The van der Waals surface area contributed by atoms with Crippen LogP contribution in [0, 0.1) is 18.3 Å². The van der Waals surface area contributed by atoms with E-state index < -0.39 is 0 Å². The number of rotatable bonds is 9. The minimum atomic E-state index is 0.522. The van der Waals surface area contributed by atoms with Crippen LogP contribution in [0.4, 0.5) is 5.82 Å². The Labute approximate surface area is 226 Å². The van der Waals surface area contributed by atoms with Gasteiger partial charge in [0.2, 0.25) is 0 Å². The Bertz CT molecular complexity index is 1290. The van der Waals surface area contributed by atoms with Crippen molar-refractivity contribution in [3.05, 3.63) is 95.4 Å². The van der Waals surface area contributed by atoms with Crippen molar-refractivity contribution in [2.75, 3.05) is 31.1 Å². The molecule has 0 spiro atoms. The summed E-state index contributed by atoms with van der Waals surface area (Å²) in [6.07, 6.45) is 12.0. The van der Waals surface area contributed by atoms with Gasteiger partial charge >= 0.3 is 0 Å². The molecule has 3 saturated heterocycles. The molecule has 1 N–H and O–H groups in total. The fraction of sp³-hybridized carbons (Fsp3) is 0.387. The van der Waals surface area contributed by atoms with Gasteiger partial charge in [0.25, 0.3) is 0 Å². The Morgan fingerprint density at radius 3 is 2.61 bits per heavy atom. The number of fused-ring (bicyclic) bond motifs is 2. The smallest absolute Gasteiger partial charge is 0.128 e. The lowest BCUT2D eigenvalue weighted by molar-refractivity contribution is -0.00875. The fourth-order valence-electron chi connectivity index (χ4n) is 5.73. The zero-order valence-electron chi connectivity index (χ0n) is 22.7. The number of hydrogen-bond acceptors (Lipinski definition) is 7. The van der Waals surface area contributed by atoms with E-state index in [0.29, 0.717) is 17.7 Å². The standard InChI is InChI=1S/C31H37N7/c1-5-12-36(7-3)26-14-29(31(35-18-26)24(6-2)15-32)25-10-11-30(34-17-25)37-20-27-13-28(21-37)38(27)19-23-9-8-22(4)33-16-23/h6,8-11,14,16-18,27-28,35H,2,5,7,12-13,19-21H2,1,3-4H3/b31-24+. The number of likely N-dealkylation sites (N-methyl/N-ethyl adjacent to an activating group) is 1. The molecule has 0 aromatic carbocycles.